The number of ether oxygens (including phenoxy) is 2. The van der Waals surface area contributed by atoms with E-state index < -0.39 is 12.6 Å². The van der Waals surface area contributed by atoms with Gasteiger partial charge in [0.05, 0.1) is 12.6 Å². The Hall–Kier alpha value is -2.53. The molecular weight excluding hydrogens is 296 g/mol. The molecule has 122 valence electrons. The number of aliphatic hydroxyl groups is 1. The summed E-state index contributed by atoms with van der Waals surface area (Å²) in [7, 11) is 0. The molecule has 0 bridgehead atoms. The highest BCUT2D eigenvalue weighted by atomic mass is 16.5. The van der Waals surface area contributed by atoms with Crippen molar-refractivity contribution >= 4 is 5.97 Å². The van der Waals surface area contributed by atoms with E-state index in [1.165, 1.54) is 0 Å². The number of carboxylic acids is 1. The van der Waals surface area contributed by atoms with Gasteiger partial charge in [-0.3, -0.25) is 0 Å². The number of aliphatic hydroxyl groups excluding tert-OH is 1. The lowest BCUT2D eigenvalue weighted by molar-refractivity contribution is -0.307. The molecule has 0 amide bonds. The lowest BCUT2D eigenvalue weighted by Crippen LogP contribution is -2.28. The SMILES string of the molecule is Cc1cc(-c2cccc(OCC(=O)[O-])c2)cc(C)c1OCCO. The number of carboxylic acid groups (broad SMARTS) is 1. The first-order valence-corrected chi connectivity index (χ1v) is 7.29. The Morgan fingerprint density at radius 3 is 2.39 bits per heavy atom. The summed E-state index contributed by atoms with van der Waals surface area (Å²) in [5.41, 5.74) is 3.83. The van der Waals surface area contributed by atoms with Crippen molar-refractivity contribution in [2.24, 2.45) is 0 Å². The smallest absolute Gasteiger partial charge is 0.128 e. The van der Waals surface area contributed by atoms with E-state index >= 15 is 0 Å². The maximum absolute atomic E-state index is 10.5. The van der Waals surface area contributed by atoms with Crippen LogP contribution in [-0.4, -0.2) is 30.9 Å². The molecule has 0 aromatic heterocycles. The molecule has 0 fully saturated rings. The number of aryl methyl sites for hydroxylation is 2. The third-order valence-electron chi connectivity index (χ3n) is 3.32. The van der Waals surface area contributed by atoms with Crippen molar-refractivity contribution in [2.75, 3.05) is 19.8 Å². The second-order valence-electron chi connectivity index (χ2n) is 5.20. The van der Waals surface area contributed by atoms with Gasteiger partial charge >= 0.3 is 0 Å². The predicted molar refractivity (Wildman–Crippen MR) is 84.4 cm³/mol. The summed E-state index contributed by atoms with van der Waals surface area (Å²) in [5.74, 6) is -0.0118. The maximum atomic E-state index is 10.5. The first-order valence-electron chi connectivity index (χ1n) is 7.29. The fourth-order valence-electron chi connectivity index (χ4n) is 2.40. The quantitative estimate of drug-likeness (QED) is 0.837. The number of aliphatic carboxylic acids is 1. The van der Waals surface area contributed by atoms with Gasteiger partial charge in [-0.2, -0.15) is 0 Å². The minimum absolute atomic E-state index is 0.0293. The Labute approximate surface area is 135 Å². The first-order chi connectivity index (χ1) is 11.0. The van der Waals surface area contributed by atoms with Crippen LogP contribution in [0.1, 0.15) is 11.1 Å². The van der Waals surface area contributed by atoms with Crippen LogP contribution in [0.25, 0.3) is 11.1 Å². The number of carbonyl (C=O) groups is 1. The Bertz CT molecular complexity index is 671. The summed E-state index contributed by atoms with van der Waals surface area (Å²) in [5, 5.41) is 19.3. The van der Waals surface area contributed by atoms with Gasteiger partial charge in [-0.1, -0.05) is 12.1 Å². The van der Waals surface area contributed by atoms with Gasteiger partial charge in [-0.25, -0.2) is 0 Å². The Morgan fingerprint density at radius 2 is 1.78 bits per heavy atom. The molecule has 0 aliphatic rings. The summed E-state index contributed by atoms with van der Waals surface area (Å²) in [4.78, 5) is 10.5. The van der Waals surface area contributed by atoms with E-state index in [9.17, 15) is 9.90 Å². The molecule has 0 radical (unpaired) electrons. The van der Waals surface area contributed by atoms with Crippen molar-refractivity contribution < 1.29 is 24.5 Å². The highest BCUT2D eigenvalue weighted by Gasteiger charge is 2.08. The molecule has 2 aromatic rings. The molecule has 2 rings (SSSR count). The van der Waals surface area contributed by atoms with Crippen LogP contribution in [-0.2, 0) is 4.79 Å². The van der Waals surface area contributed by atoms with E-state index in [0.717, 1.165) is 28.0 Å². The van der Waals surface area contributed by atoms with E-state index in [4.69, 9.17) is 14.6 Å². The largest absolute Gasteiger partial charge is 0.546 e. The number of hydrogen-bond acceptors (Lipinski definition) is 5. The van der Waals surface area contributed by atoms with Gasteiger partial charge < -0.3 is 24.5 Å². The molecule has 0 unspecified atom stereocenters. The van der Waals surface area contributed by atoms with Gasteiger partial charge in [-0.15, -0.1) is 0 Å². The van der Waals surface area contributed by atoms with E-state index in [-0.39, 0.29) is 13.2 Å². The molecule has 1 N–H and O–H groups in total. The molecule has 0 saturated heterocycles. The van der Waals surface area contributed by atoms with Crippen molar-refractivity contribution in [3.63, 3.8) is 0 Å². The van der Waals surface area contributed by atoms with Crippen LogP contribution < -0.4 is 14.6 Å². The molecule has 0 aliphatic carbocycles. The zero-order chi connectivity index (χ0) is 16.8. The average molecular weight is 315 g/mol. The van der Waals surface area contributed by atoms with E-state index in [2.05, 4.69) is 0 Å². The molecular formula is C18H19O5-. The lowest BCUT2D eigenvalue weighted by Gasteiger charge is -2.14. The topological polar surface area (TPSA) is 78.8 Å². The lowest BCUT2D eigenvalue weighted by atomic mass is 9.99. The standard InChI is InChI=1S/C18H20O5/c1-12-8-15(9-13(2)18(12)22-7-6-19)14-4-3-5-16(10-14)23-11-17(20)21/h3-5,8-10,19H,6-7,11H2,1-2H3,(H,20,21)/p-1. The molecule has 0 aliphatic heterocycles. The summed E-state index contributed by atoms with van der Waals surface area (Å²) in [6.45, 7) is 3.64. The Kier molecular flexibility index (Phi) is 5.60. The van der Waals surface area contributed by atoms with Crippen molar-refractivity contribution in [1.29, 1.82) is 0 Å². The molecule has 2 aromatic carbocycles. The van der Waals surface area contributed by atoms with Crippen LogP contribution in [0.2, 0.25) is 0 Å². The molecule has 0 spiro atoms. The first kappa shape index (κ1) is 16.8. The van der Waals surface area contributed by atoms with Gasteiger partial charge in [0.1, 0.15) is 24.7 Å². The van der Waals surface area contributed by atoms with Gasteiger partial charge in [0.25, 0.3) is 0 Å². The van der Waals surface area contributed by atoms with Crippen LogP contribution in [0.15, 0.2) is 36.4 Å². The molecule has 23 heavy (non-hydrogen) atoms. The monoisotopic (exact) mass is 315 g/mol. The van der Waals surface area contributed by atoms with Crippen molar-refractivity contribution in [3.8, 4) is 22.6 Å². The third kappa shape index (κ3) is 4.47. The summed E-state index contributed by atoms with van der Waals surface area (Å²) in [6, 6.07) is 11.2. The minimum atomic E-state index is -1.26. The molecule has 0 heterocycles. The zero-order valence-electron chi connectivity index (χ0n) is 13.2. The number of benzene rings is 2. The second-order valence-corrected chi connectivity index (χ2v) is 5.20. The van der Waals surface area contributed by atoms with Crippen LogP contribution in [0, 0.1) is 13.8 Å². The summed E-state index contributed by atoms with van der Waals surface area (Å²) >= 11 is 0. The van der Waals surface area contributed by atoms with Gasteiger partial charge in [0.15, 0.2) is 0 Å². The highest BCUT2D eigenvalue weighted by molar-refractivity contribution is 5.69. The zero-order valence-corrected chi connectivity index (χ0v) is 13.2. The molecule has 0 atom stereocenters. The molecule has 5 nitrogen and oxygen atoms in total. The maximum Gasteiger partial charge on any atom is 0.128 e. The van der Waals surface area contributed by atoms with E-state index in [1.807, 2.05) is 32.0 Å². The number of hydrogen-bond donors (Lipinski definition) is 1. The van der Waals surface area contributed by atoms with Crippen LogP contribution in [0.4, 0.5) is 0 Å². The predicted octanol–water partition coefficient (Wildman–Crippen LogP) is 1.47. The van der Waals surface area contributed by atoms with Crippen molar-refractivity contribution in [2.45, 2.75) is 13.8 Å². The van der Waals surface area contributed by atoms with Crippen LogP contribution in [0.5, 0.6) is 11.5 Å². The van der Waals surface area contributed by atoms with Crippen LogP contribution >= 0.6 is 0 Å². The van der Waals surface area contributed by atoms with Gasteiger partial charge in [0, 0.05) is 0 Å². The molecule has 0 saturated carbocycles. The molecule has 5 heteroatoms. The number of rotatable bonds is 7. The Balaban J connectivity index is 2.28. The second kappa shape index (κ2) is 7.65. The van der Waals surface area contributed by atoms with Crippen molar-refractivity contribution in [1.82, 2.24) is 0 Å². The minimum Gasteiger partial charge on any atom is -0.546 e. The summed E-state index contributed by atoms with van der Waals surface area (Å²) in [6.07, 6.45) is 0. The fraction of sp³-hybridized carbons (Fsp3) is 0.278. The Morgan fingerprint density at radius 1 is 1.09 bits per heavy atom. The highest BCUT2D eigenvalue weighted by Crippen LogP contribution is 2.31. The van der Waals surface area contributed by atoms with Crippen LogP contribution in [0.3, 0.4) is 0 Å². The average Bonchev–Trinajstić information content (AvgIpc) is 2.52. The third-order valence-corrected chi connectivity index (χ3v) is 3.32. The van der Waals surface area contributed by atoms with Crippen molar-refractivity contribution in [3.05, 3.63) is 47.5 Å². The van der Waals surface area contributed by atoms with E-state index in [0.29, 0.717) is 5.75 Å². The van der Waals surface area contributed by atoms with Gasteiger partial charge in [-0.05, 0) is 60.4 Å². The fourth-order valence-corrected chi connectivity index (χ4v) is 2.40. The summed E-state index contributed by atoms with van der Waals surface area (Å²) < 4.78 is 10.7. The normalized spacial score (nSPS) is 10.4. The number of carbonyl (C=O) groups excluding carboxylic acids is 1. The van der Waals surface area contributed by atoms with E-state index in [1.54, 1.807) is 18.2 Å². The van der Waals surface area contributed by atoms with Gasteiger partial charge in [0.2, 0.25) is 0 Å².